The van der Waals surface area contributed by atoms with E-state index in [1.165, 1.54) is 18.4 Å². The Morgan fingerprint density at radius 3 is 2.58 bits per heavy atom. The monoisotopic (exact) mass is 422 g/mol. The maximum absolute atomic E-state index is 13.5. The van der Waals surface area contributed by atoms with Crippen LogP contribution in [0.4, 0.5) is 0 Å². The second-order valence-corrected chi connectivity index (χ2v) is 10.2. The molecule has 1 aromatic carbocycles. The van der Waals surface area contributed by atoms with E-state index in [4.69, 9.17) is 4.98 Å². The van der Waals surface area contributed by atoms with Gasteiger partial charge in [-0.1, -0.05) is 12.1 Å². The topological polar surface area (TPSA) is 47.9 Å². The molecule has 4 heterocycles. The first kappa shape index (κ1) is 19.7. The number of nitrogens with zero attached hydrogens (tertiary/aromatic N) is 6. The number of fused-ring (bicyclic) bond motifs is 3. The number of piperidine rings is 1. The summed E-state index contributed by atoms with van der Waals surface area (Å²) in [6, 6.07) is 8.43. The third-order valence-electron chi connectivity index (χ3n) is 8.21. The van der Waals surface area contributed by atoms with Gasteiger partial charge in [0.25, 0.3) is 0 Å². The maximum atomic E-state index is 13.5. The van der Waals surface area contributed by atoms with Crippen LogP contribution in [0.3, 0.4) is 0 Å². The Labute approximate surface area is 184 Å². The molecule has 1 aromatic heterocycles. The summed E-state index contributed by atoms with van der Waals surface area (Å²) >= 11 is 0. The molecule has 4 fully saturated rings. The van der Waals surface area contributed by atoms with Crippen molar-refractivity contribution in [2.45, 2.75) is 43.9 Å². The van der Waals surface area contributed by atoms with Crippen molar-refractivity contribution in [3.8, 4) is 0 Å². The minimum atomic E-state index is -0.0611. The number of piperazine rings is 1. The molecular weight excluding hydrogens is 388 g/mol. The number of rotatable bonds is 4. The number of hydrogen-bond donors (Lipinski definition) is 0. The number of imidazole rings is 1. The zero-order valence-electron chi connectivity index (χ0n) is 18.8. The van der Waals surface area contributed by atoms with Crippen LogP contribution < -0.4 is 0 Å². The first-order valence-electron chi connectivity index (χ1n) is 11.9. The van der Waals surface area contributed by atoms with E-state index in [1.807, 2.05) is 0 Å². The molecule has 1 atom stereocenters. The van der Waals surface area contributed by atoms with E-state index < -0.39 is 0 Å². The molecule has 3 saturated heterocycles. The van der Waals surface area contributed by atoms with E-state index in [1.54, 1.807) is 0 Å². The molecule has 1 amide bonds. The lowest BCUT2D eigenvalue weighted by Gasteiger charge is -2.51. The predicted molar refractivity (Wildman–Crippen MR) is 120 cm³/mol. The Bertz CT molecular complexity index is 989. The molecule has 1 aliphatic carbocycles. The molecule has 31 heavy (non-hydrogen) atoms. The number of para-hydroxylation sites is 2. The number of benzene rings is 1. The van der Waals surface area contributed by atoms with Gasteiger partial charge in [-0.3, -0.25) is 14.6 Å². The fourth-order valence-electron chi connectivity index (χ4n) is 6.15. The quantitative estimate of drug-likeness (QED) is 0.751. The van der Waals surface area contributed by atoms with Gasteiger partial charge in [-0.25, -0.2) is 4.98 Å². The standard InChI is InChI=1S/C24H34N6O/c1-26-13-14-29-21(16-26)23(31)30(15-18-7-8-18)24(29)9-11-28(12-10-24)17-22-25-19-5-3-4-6-20(19)27(22)2/h3-6,18,21H,7-17H2,1-2H3/t21-/m1/s1. The van der Waals surface area contributed by atoms with Gasteiger partial charge in [-0.2, -0.15) is 0 Å². The average Bonchev–Trinajstić information content (AvgIpc) is 3.52. The number of likely N-dealkylation sites (tertiary alicyclic amines) is 1. The second kappa shape index (κ2) is 7.29. The van der Waals surface area contributed by atoms with Crippen LogP contribution in [0.1, 0.15) is 31.5 Å². The van der Waals surface area contributed by atoms with E-state index in [2.05, 4.69) is 62.5 Å². The minimum Gasteiger partial charge on any atom is -0.330 e. The largest absolute Gasteiger partial charge is 0.330 e. The summed E-state index contributed by atoms with van der Waals surface area (Å²) in [7, 11) is 4.28. The Hall–Kier alpha value is -1.96. The summed E-state index contributed by atoms with van der Waals surface area (Å²) in [6.45, 7) is 6.86. The normalized spacial score (nSPS) is 27.5. The molecule has 1 spiro atoms. The molecular formula is C24H34N6O. The molecule has 1 saturated carbocycles. The summed E-state index contributed by atoms with van der Waals surface area (Å²) in [5.74, 6) is 2.26. The van der Waals surface area contributed by atoms with Crippen molar-refractivity contribution < 1.29 is 4.79 Å². The summed E-state index contributed by atoms with van der Waals surface area (Å²) in [5, 5.41) is 0. The summed E-state index contributed by atoms with van der Waals surface area (Å²) < 4.78 is 2.23. The lowest BCUT2D eigenvalue weighted by atomic mass is 9.93. The highest BCUT2D eigenvalue weighted by Gasteiger charge is 2.58. The highest BCUT2D eigenvalue weighted by atomic mass is 16.2. The molecule has 166 valence electrons. The number of carbonyl (C=O) groups excluding carboxylic acids is 1. The number of aromatic nitrogens is 2. The van der Waals surface area contributed by atoms with E-state index >= 15 is 0 Å². The maximum Gasteiger partial charge on any atom is 0.242 e. The molecule has 4 aliphatic rings. The van der Waals surface area contributed by atoms with Gasteiger partial charge in [-0.15, -0.1) is 0 Å². The number of aryl methyl sites for hydroxylation is 1. The smallest absolute Gasteiger partial charge is 0.242 e. The van der Waals surface area contributed by atoms with Gasteiger partial charge in [0.05, 0.1) is 23.2 Å². The van der Waals surface area contributed by atoms with Crippen molar-refractivity contribution in [3.05, 3.63) is 30.1 Å². The Balaban J connectivity index is 1.21. The van der Waals surface area contributed by atoms with Crippen LogP contribution >= 0.6 is 0 Å². The van der Waals surface area contributed by atoms with Crippen molar-refractivity contribution in [2.24, 2.45) is 13.0 Å². The lowest BCUT2D eigenvalue weighted by molar-refractivity contribution is -0.134. The minimum absolute atomic E-state index is 0.0592. The van der Waals surface area contributed by atoms with Gasteiger partial charge >= 0.3 is 0 Å². The first-order valence-corrected chi connectivity index (χ1v) is 11.9. The van der Waals surface area contributed by atoms with Crippen molar-refractivity contribution in [1.29, 1.82) is 0 Å². The summed E-state index contributed by atoms with van der Waals surface area (Å²) in [4.78, 5) is 28.1. The fraction of sp³-hybridized carbons (Fsp3) is 0.667. The predicted octanol–water partition coefficient (Wildman–Crippen LogP) is 1.73. The van der Waals surface area contributed by atoms with Crippen LogP contribution in [0.25, 0.3) is 11.0 Å². The third-order valence-corrected chi connectivity index (χ3v) is 8.21. The Kier molecular flexibility index (Phi) is 4.63. The second-order valence-electron chi connectivity index (χ2n) is 10.2. The molecule has 0 unspecified atom stereocenters. The van der Waals surface area contributed by atoms with Gasteiger partial charge in [0, 0.05) is 46.3 Å². The van der Waals surface area contributed by atoms with Crippen molar-refractivity contribution in [3.63, 3.8) is 0 Å². The summed E-state index contributed by atoms with van der Waals surface area (Å²) in [5.41, 5.74) is 2.21. The lowest BCUT2D eigenvalue weighted by Crippen LogP contribution is -2.63. The van der Waals surface area contributed by atoms with E-state index in [9.17, 15) is 4.79 Å². The number of likely N-dealkylation sites (N-methyl/N-ethyl adjacent to an activating group) is 1. The molecule has 3 aliphatic heterocycles. The average molecular weight is 423 g/mol. The molecule has 7 heteroatoms. The van der Waals surface area contributed by atoms with Crippen LogP contribution in [0.5, 0.6) is 0 Å². The van der Waals surface area contributed by atoms with E-state index in [0.717, 1.165) is 75.9 Å². The van der Waals surface area contributed by atoms with E-state index in [-0.39, 0.29) is 11.7 Å². The number of amides is 1. The molecule has 0 N–H and O–H groups in total. The summed E-state index contributed by atoms with van der Waals surface area (Å²) in [6.07, 6.45) is 4.69. The van der Waals surface area contributed by atoms with Crippen molar-refractivity contribution >= 4 is 16.9 Å². The van der Waals surface area contributed by atoms with Crippen LogP contribution in [0.15, 0.2) is 24.3 Å². The molecule has 0 bridgehead atoms. The zero-order valence-corrected chi connectivity index (χ0v) is 18.8. The SMILES string of the molecule is CN1CCN2[C@H](C1)C(=O)N(CC1CC1)C21CCN(Cc2nc3ccccc3n2C)CC1. The van der Waals surface area contributed by atoms with Gasteiger partial charge in [0.15, 0.2) is 0 Å². The third kappa shape index (κ3) is 3.20. The van der Waals surface area contributed by atoms with Gasteiger partial charge < -0.3 is 14.4 Å². The highest BCUT2D eigenvalue weighted by molar-refractivity contribution is 5.85. The van der Waals surface area contributed by atoms with Crippen LogP contribution in [-0.4, -0.2) is 93.1 Å². The fourth-order valence-corrected chi connectivity index (χ4v) is 6.15. The molecule has 2 aromatic rings. The molecule has 0 radical (unpaired) electrons. The van der Waals surface area contributed by atoms with Crippen LogP contribution in [0, 0.1) is 5.92 Å². The van der Waals surface area contributed by atoms with E-state index in [0.29, 0.717) is 5.91 Å². The van der Waals surface area contributed by atoms with Crippen LogP contribution in [-0.2, 0) is 18.4 Å². The van der Waals surface area contributed by atoms with Crippen molar-refractivity contribution in [2.75, 3.05) is 46.3 Å². The van der Waals surface area contributed by atoms with Crippen molar-refractivity contribution in [1.82, 2.24) is 29.2 Å². The highest BCUT2D eigenvalue weighted by Crippen LogP contribution is 2.44. The van der Waals surface area contributed by atoms with Crippen LogP contribution in [0.2, 0.25) is 0 Å². The molecule has 7 nitrogen and oxygen atoms in total. The van der Waals surface area contributed by atoms with Gasteiger partial charge in [-0.05, 0) is 50.8 Å². The van der Waals surface area contributed by atoms with Gasteiger partial charge in [0.2, 0.25) is 5.91 Å². The number of hydrogen-bond acceptors (Lipinski definition) is 5. The zero-order chi connectivity index (χ0) is 21.2. The number of carbonyl (C=O) groups is 1. The molecule has 6 rings (SSSR count). The van der Waals surface area contributed by atoms with Gasteiger partial charge in [0.1, 0.15) is 11.9 Å². The first-order chi connectivity index (χ1) is 15.0. The Morgan fingerprint density at radius 1 is 1.06 bits per heavy atom. The Morgan fingerprint density at radius 2 is 1.84 bits per heavy atom.